The van der Waals surface area contributed by atoms with Crippen LogP contribution in [0.5, 0.6) is 17.2 Å². The molecular weight excluding hydrogens is 435 g/mol. The van der Waals surface area contributed by atoms with Crippen molar-refractivity contribution in [2.45, 2.75) is 32.6 Å². The lowest BCUT2D eigenvalue weighted by Crippen LogP contribution is -2.14. The van der Waals surface area contributed by atoms with Crippen LogP contribution in [0, 0.1) is 0 Å². The summed E-state index contributed by atoms with van der Waals surface area (Å²) in [6.07, 6.45) is 3.51. The van der Waals surface area contributed by atoms with Gasteiger partial charge in [0.1, 0.15) is 11.5 Å². The summed E-state index contributed by atoms with van der Waals surface area (Å²) in [6, 6.07) is 12.4. The van der Waals surface area contributed by atoms with Crippen molar-refractivity contribution in [2.75, 3.05) is 12.4 Å². The molecule has 1 heterocycles. The Morgan fingerprint density at radius 3 is 2.39 bits per heavy atom. The number of methoxy groups -OCH3 is 1. The van der Waals surface area contributed by atoms with Crippen molar-refractivity contribution in [2.24, 2.45) is 0 Å². The van der Waals surface area contributed by atoms with Crippen LogP contribution in [0.1, 0.15) is 31.9 Å². The quantitative estimate of drug-likeness (QED) is 0.447. The molecule has 162 valence electrons. The van der Waals surface area contributed by atoms with Crippen LogP contribution in [-0.4, -0.2) is 18.0 Å². The van der Waals surface area contributed by atoms with Crippen molar-refractivity contribution >= 4 is 34.8 Å². The molecule has 0 bridgehead atoms. The molecular formula is C24H24Cl2N2O3. The van der Waals surface area contributed by atoms with E-state index in [1.54, 1.807) is 43.8 Å². The fourth-order valence-corrected chi connectivity index (χ4v) is 3.64. The number of hydrogen-bond acceptors (Lipinski definition) is 4. The molecule has 1 aromatic heterocycles. The van der Waals surface area contributed by atoms with Gasteiger partial charge in [-0.25, -0.2) is 0 Å². The van der Waals surface area contributed by atoms with E-state index in [-0.39, 0.29) is 27.8 Å². The number of ether oxygens (including phenoxy) is 2. The van der Waals surface area contributed by atoms with Crippen LogP contribution < -0.4 is 14.8 Å². The maximum absolute atomic E-state index is 12.3. The monoisotopic (exact) mass is 458 g/mol. The molecule has 0 aliphatic rings. The number of amides is 1. The van der Waals surface area contributed by atoms with E-state index in [9.17, 15) is 4.79 Å². The molecule has 1 N–H and O–H groups in total. The zero-order chi connectivity index (χ0) is 22.6. The predicted octanol–water partition coefficient (Wildman–Crippen LogP) is 6.67. The average molecular weight is 459 g/mol. The molecule has 31 heavy (non-hydrogen) atoms. The van der Waals surface area contributed by atoms with E-state index in [2.05, 4.69) is 31.1 Å². The highest BCUT2D eigenvalue weighted by Gasteiger charge is 2.21. The predicted molar refractivity (Wildman–Crippen MR) is 125 cm³/mol. The smallest absolute Gasteiger partial charge is 0.228 e. The number of carbonyl (C=O) groups is 1. The largest absolute Gasteiger partial charge is 0.496 e. The number of aromatic nitrogens is 1. The average Bonchev–Trinajstić information content (AvgIpc) is 2.70. The molecule has 2 aromatic carbocycles. The SMILES string of the molecule is COc1ccc(Oc2c(Cl)cc(NC(=O)Cc3cccnc3)cc2Cl)cc1C(C)(C)C. The molecule has 0 saturated carbocycles. The number of pyridine rings is 1. The third-order valence-corrected chi connectivity index (χ3v) is 5.13. The molecule has 0 aliphatic carbocycles. The Labute approximate surface area is 192 Å². The summed E-state index contributed by atoms with van der Waals surface area (Å²) in [5.41, 5.74) is 2.16. The lowest BCUT2D eigenvalue weighted by Gasteiger charge is -2.23. The zero-order valence-electron chi connectivity index (χ0n) is 17.8. The van der Waals surface area contributed by atoms with Crippen LogP contribution in [0.2, 0.25) is 10.0 Å². The van der Waals surface area contributed by atoms with Gasteiger partial charge in [-0.2, -0.15) is 0 Å². The van der Waals surface area contributed by atoms with E-state index >= 15 is 0 Å². The van der Waals surface area contributed by atoms with Crippen LogP contribution in [-0.2, 0) is 16.6 Å². The maximum atomic E-state index is 12.3. The first-order chi connectivity index (χ1) is 14.7. The van der Waals surface area contributed by atoms with Crippen molar-refractivity contribution in [1.29, 1.82) is 0 Å². The van der Waals surface area contributed by atoms with E-state index in [1.807, 2.05) is 18.2 Å². The van der Waals surface area contributed by atoms with Gasteiger partial charge in [-0.05, 0) is 47.4 Å². The molecule has 0 radical (unpaired) electrons. The van der Waals surface area contributed by atoms with Gasteiger partial charge < -0.3 is 14.8 Å². The highest BCUT2D eigenvalue weighted by Crippen LogP contribution is 2.41. The molecule has 0 spiro atoms. The molecule has 7 heteroatoms. The van der Waals surface area contributed by atoms with Crippen molar-refractivity contribution in [3.8, 4) is 17.2 Å². The zero-order valence-corrected chi connectivity index (χ0v) is 19.3. The van der Waals surface area contributed by atoms with Crippen molar-refractivity contribution < 1.29 is 14.3 Å². The minimum absolute atomic E-state index is 0.138. The summed E-state index contributed by atoms with van der Waals surface area (Å²) >= 11 is 12.8. The first-order valence-corrected chi connectivity index (χ1v) is 10.5. The second-order valence-electron chi connectivity index (χ2n) is 8.07. The molecule has 3 aromatic rings. The number of benzene rings is 2. The number of rotatable bonds is 6. The van der Waals surface area contributed by atoms with Gasteiger partial charge >= 0.3 is 0 Å². The van der Waals surface area contributed by atoms with Crippen molar-refractivity contribution in [3.63, 3.8) is 0 Å². The van der Waals surface area contributed by atoms with E-state index in [0.717, 1.165) is 16.9 Å². The lowest BCUT2D eigenvalue weighted by atomic mass is 9.86. The fourth-order valence-electron chi connectivity index (χ4n) is 3.08. The summed E-state index contributed by atoms with van der Waals surface area (Å²) in [5.74, 6) is 1.49. The molecule has 0 aliphatic heterocycles. The number of nitrogens with one attached hydrogen (secondary N) is 1. The van der Waals surface area contributed by atoms with Gasteiger partial charge in [0.15, 0.2) is 5.75 Å². The Morgan fingerprint density at radius 2 is 1.81 bits per heavy atom. The second kappa shape index (κ2) is 9.58. The number of hydrogen-bond donors (Lipinski definition) is 1. The minimum Gasteiger partial charge on any atom is -0.496 e. The van der Waals surface area contributed by atoms with Crippen molar-refractivity contribution in [3.05, 3.63) is 76.0 Å². The molecule has 0 fully saturated rings. The lowest BCUT2D eigenvalue weighted by molar-refractivity contribution is -0.115. The summed E-state index contributed by atoms with van der Waals surface area (Å²) < 4.78 is 11.5. The third-order valence-electron chi connectivity index (χ3n) is 4.57. The van der Waals surface area contributed by atoms with Gasteiger partial charge in [0, 0.05) is 23.6 Å². The second-order valence-corrected chi connectivity index (χ2v) is 8.88. The fraction of sp³-hybridized carbons (Fsp3) is 0.250. The summed E-state index contributed by atoms with van der Waals surface area (Å²) in [4.78, 5) is 16.3. The molecule has 5 nitrogen and oxygen atoms in total. The summed E-state index contributed by atoms with van der Waals surface area (Å²) in [7, 11) is 1.64. The van der Waals surface area contributed by atoms with Gasteiger partial charge in [-0.15, -0.1) is 0 Å². The third kappa shape index (κ3) is 5.90. The van der Waals surface area contributed by atoms with Gasteiger partial charge in [-0.3, -0.25) is 9.78 Å². The molecule has 0 atom stereocenters. The molecule has 0 saturated heterocycles. The summed E-state index contributed by atoms with van der Waals surface area (Å²) in [6.45, 7) is 6.28. The number of anilines is 1. The first kappa shape index (κ1) is 22.9. The normalized spacial score (nSPS) is 11.2. The highest BCUT2D eigenvalue weighted by molar-refractivity contribution is 6.37. The van der Waals surface area contributed by atoms with Gasteiger partial charge in [0.05, 0.1) is 23.6 Å². The highest BCUT2D eigenvalue weighted by atomic mass is 35.5. The topological polar surface area (TPSA) is 60.5 Å². The Bertz CT molecular complexity index is 1060. The van der Waals surface area contributed by atoms with Crippen molar-refractivity contribution in [1.82, 2.24) is 4.98 Å². The van der Waals surface area contributed by atoms with Crippen LogP contribution in [0.15, 0.2) is 54.9 Å². The Balaban J connectivity index is 1.79. The Kier molecular flexibility index (Phi) is 7.08. The van der Waals surface area contributed by atoms with E-state index < -0.39 is 0 Å². The van der Waals surface area contributed by atoms with E-state index in [4.69, 9.17) is 32.7 Å². The molecule has 3 rings (SSSR count). The van der Waals surface area contributed by atoms with Gasteiger partial charge in [-0.1, -0.05) is 50.0 Å². The summed E-state index contributed by atoms with van der Waals surface area (Å²) in [5, 5.41) is 3.38. The number of carbonyl (C=O) groups excluding carboxylic acids is 1. The van der Waals surface area contributed by atoms with Gasteiger partial charge in [0.25, 0.3) is 0 Å². The number of nitrogens with zero attached hydrogens (tertiary/aromatic N) is 1. The standard InChI is InChI=1S/C24H24Cl2N2O3/c1-24(2,3)18-13-17(7-8-21(18)30-4)31-23-19(25)11-16(12-20(23)26)28-22(29)10-15-6-5-9-27-14-15/h5-9,11-14H,10H2,1-4H3,(H,28,29). The Hall–Kier alpha value is -2.76. The Morgan fingerprint density at radius 1 is 1.10 bits per heavy atom. The van der Waals surface area contributed by atoms with Crippen LogP contribution in [0.4, 0.5) is 5.69 Å². The van der Waals surface area contributed by atoms with Gasteiger partial charge in [0.2, 0.25) is 5.91 Å². The number of halogens is 2. The van der Waals surface area contributed by atoms with E-state index in [0.29, 0.717) is 17.2 Å². The minimum atomic E-state index is -0.196. The first-order valence-electron chi connectivity index (χ1n) is 9.71. The van der Waals surface area contributed by atoms with Crippen LogP contribution >= 0.6 is 23.2 Å². The van der Waals surface area contributed by atoms with Crippen LogP contribution in [0.3, 0.4) is 0 Å². The molecule has 0 unspecified atom stereocenters. The molecule has 1 amide bonds. The maximum Gasteiger partial charge on any atom is 0.228 e. The van der Waals surface area contributed by atoms with Crippen LogP contribution in [0.25, 0.3) is 0 Å². The van der Waals surface area contributed by atoms with E-state index in [1.165, 1.54) is 0 Å².